The van der Waals surface area contributed by atoms with Gasteiger partial charge in [0.1, 0.15) is 17.9 Å². The molecule has 3 rings (SSSR count). The maximum absolute atomic E-state index is 6.28. The van der Waals surface area contributed by atoms with Crippen LogP contribution in [0.2, 0.25) is 5.15 Å². The first-order valence-electron chi connectivity index (χ1n) is 7.13. The van der Waals surface area contributed by atoms with Gasteiger partial charge in [-0.1, -0.05) is 16.8 Å². The molecule has 0 spiro atoms. The van der Waals surface area contributed by atoms with E-state index in [1.807, 2.05) is 19.1 Å². The molecule has 23 heavy (non-hydrogen) atoms. The summed E-state index contributed by atoms with van der Waals surface area (Å²) in [5.41, 5.74) is 2.08. The van der Waals surface area contributed by atoms with Gasteiger partial charge in [0.25, 0.3) is 0 Å². The number of nitrogens with zero attached hydrogens (tertiary/aromatic N) is 2. The van der Waals surface area contributed by atoms with E-state index in [0.29, 0.717) is 34.5 Å². The number of oxime groups is 1. The van der Waals surface area contributed by atoms with Crippen molar-refractivity contribution >= 4 is 28.2 Å². The Morgan fingerprint density at radius 2 is 2.00 bits per heavy atom. The third-order valence-electron chi connectivity index (χ3n) is 3.53. The van der Waals surface area contributed by atoms with Crippen LogP contribution in [-0.4, -0.2) is 44.2 Å². The minimum Gasteiger partial charge on any atom is -0.493 e. The molecular formula is C16H17ClN2O4. The normalized spacial score (nSPS) is 17.2. The third kappa shape index (κ3) is 3.48. The fourth-order valence-electron chi connectivity index (χ4n) is 2.16. The Labute approximate surface area is 138 Å². The van der Waals surface area contributed by atoms with E-state index in [2.05, 4.69) is 10.1 Å². The van der Waals surface area contributed by atoms with Crippen molar-refractivity contribution in [1.29, 1.82) is 0 Å². The molecule has 122 valence electrons. The summed E-state index contributed by atoms with van der Waals surface area (Å²) < 4.78 is 15.7. The first-order chi connectivity index (χ1) is 11.1. The second-order valence-corrected chi connectivity index (χ2v) is 5.51. The molecule has 0 aliphatic carbocycles. The lowest BCUT2D eigenvalue weighted by Gasteiger charge is -2.10. The van der Waals surface area contributed by atoms with Crippen LogP contribution < -0.4 is 9.47 Å². The van der Waals surface area contributed by atoms with Crippen LogP contribution in [0.25, 0.3) is 10.9 Å². The van der Waals surface area contributed by atoms with Gasteiger partial charge in [-0.2, -0.15) is 0 Å². The van der Waals surface area contributed by atoms with Crippen LogP contribution in [0, 0.1) is 0 Å². The Morgan fingerprint density at radius 3 is 2.65 bits per heavy atom. The number of hydrogen-bond acceptors (Lipinski definition) is 6. The Morgan fingerprint density at radius 1 is 1.30 bits per heavy atom. The third-order valence-corrected chi connectivity index (χ3v) is 3.82. The summed E-state index contributed by atoms with van der Waals surface area (Å²) >= 11 is 6.28. The van der Waals surface area contributed by atoms with E-state index in [1.165, 1.54) is 0 Å². The average Bonchev–Trinajstić information content (AvgIpc) is 3.37. The van der Waals surface area contributed by atoms with Gasteiger partial charge in [0.05, 0.1) is 32.1 Å². The van der Waals surface area contributed by atoms with Crippen molar-refractivity contribution in [2.75, 3.05) is 27.4 Å². The molecule has 1 aliphatic rings. The molecule has 0 N–H and O–H groups in total. The molecule has 1 aromatic heterocycles. The van der Waals surface area contributed by atoms with E-state index >= 15 is 0 Å². The van der Waals surface area contributed by atoms with Gasteiger partial charge in [-0.3, -0.25) is 0 Å². The Bertz CT molecular complexity index is 759. The van der Waals surface area contributed by atoms with Gasteiger partial charge >= 0.3 is 0 Å². The van der Waals surface area contributed by atoms with Gasteiger partial charge in [-0.25, -0.2) is 4.98 Å². The fraction of sp³-hybridized carbons (Fsp3) is 0.375. The van der Waals surface area contributed by atoms with Crippen molar-refractivity contribution in [2.45, 2.75) is 13.0 Å². The van der Waals surface area contributed by atoms with Gasteiger partial charge < -0.3 is 19.0 Å². The summed E-state index contributed by atoms with van der Waals surface area (Å²) in [5, 5.41) is 5.31. The number of methoxy groups -OCH3 is 2. The standard InChI is InChI=1S/C16H17ClN2O4/c1-9(19-23-8-11-7-22-11)12-4-10-5-14(20-2)15(21-3)6-13(10)18-16(12)17/h4-6,11H,7-8H2,1-3H3/b19-9+. The molecule has 7 heteroatoms. The van der Waals surface area contributed by atoms with Crippen LogP contribution in [0.1, 0.15) is 12.5 Å². The second-order valence-electron chi connectivity index (χ2n) is 5.15. The van der Waals surface area contributed by atoms with Crippen molar-refractivity contribution in [2.24, 2.45) is 5.16 Å². The van der Waals surface area contributed by atoms with Crippen LogP contribution >= 0.6 is 11.6 Å². The number of pyridine rings is 1. The highest BCUT2D eigenvalue weighted by Gasteiger charge is 2.23. The van der Waals surface area contributed by atoms with Gasteiger partial charge in [0.15, 0.2) is 11.5 Å². The largest absolute Gasteiger partial charge is 0.493 e. The van der Waals surface area contributed by atoms with Crippen molar-refractivity contribution in [3.8, 4) is 11.5 Å². The molecule has 0 bridgehead atoms. The van der Waals surface area contributed by atoms with Crippen LogP contribution in [0.15, 0.2) is 23.4 Å². The van der Waals surface area contributed by atoms with Gasteiger partial charge in [0.2, 0.25) is 0 Å². The quantitative estimate of drug-likeness (QED) is 0.351. The molecule has 1 unspecified atom stereocenters. The first-order valence-corrected chi connectivity index (χ1v) is 7.51. The smallest absolute Gasteiger partial charge is 0.162 e. The zero-order chi connectivity index (χ0) is 16.4. The zero-order valence-electron chi connectivity index (χ0n) is 13.1. The van der Waals surface area contributed by atoms with E-state index in [0.717, 1.165) is 17.5 Å². The highest BCUT2D eigenvalue weighted by Crippen LogP contribution is 2.33. The second kappa shape index (κ2) is 6.60. The summed E-state index contributed by atoms with van der Waals surface area (Å²) in [6, 6.07) is 5.55. The number of rotatable bonds is 6. The van der Waals surface area contributed by atoms with E-state index in [9.17, 15) is 0 Å². The monoisotopic (exact) mass is 336 g/mol. The van der Waals surface area contributed by atoms with E-state index < -0.39 is 0 Å². The number of ether oxygens (including phenoxy) is 3. The summed E-state index contributed by atoms with van der Waals surface area (Å²) in [7, 11) is 3.17. The minimum atomic E-state index is 0.161. The lowest BCUT2D eigenvalue weighted by Crippen LogP contribution is -2.03. The molecule has 0 saturated carbocycles. The molecule has 0 amide bonds. The minimum absolute atomic E-state index is 0.161. The highest BCUT2D eigenvalue weighted by molar-refractivity contribution is 6.33. The topological polar surface area (TPSA) is 65.5 Å². The number of hydrogen-bond donors (Lipinski definition) is 0. The molecule has 1 fully saturated rings. The summed E-state index contributed by atoms with van der Waals surface area (Å²) in [6.07, 6.45) is 0.161. The zero-order valence-corrected chi connectivity index (χ0v) is 13.9. The number of benzene rings is 1. The van der Waals surface area contributed by atoms with Crippen LogP contribution in [0.5, 0.6) is 11.5 Å². The number of fused-ring (bicyclic) bond motifs is 1. The molecule has 2 heterocycles. The lowest BCUT2D eigenvalue weighted by atomic mass is 10.1. The SMILES string of the molecule is COc1cc2cc(/C(C)=N/OCC3CO3)c(Cl)nc2cc1OC. The van der Waals surface area contributed by atoms with Gasteiger partial charge in [-0.15, -0.1) is 0 Å². The summed E-state index contributed by atoms with van der Waals surface area (Å²) in [4.78, 5) is 9.66. The number of halogens is 1. The molecule has 2 aromatic rings. The fourth-order valence-corrected chi connectivity index (χ4v) is 2.44. The van der Waals surface area contributed by atoms with Crippen LogP contribution in [-0.2, 0) is 9.57 Å². The highest BCUT2D eigenvalue weighted by atomic mass is 35.5. The summed E-state index contributed by atoms with van der Waals surface area (Å²) in [6.45, 7) is 3.00. The lowest BCUT2D eigenvalue weighted by molar-refractivity contribution is 0.125. The van der Waals surface area contributed by atoms with Crippen LogP contribution in [0.3, 0.4) is 0 Å². The Hall–Kier alpha value is -2.05. The maximum atomic E-state index is 6.28. The molecular weight excluding hydrogens is 320 g/mol. The molecule has 1 aromatic carbocycles. The predicted octanol–water partition coefficient (Wildman–Crippen LogP) is 3.04. The maximum Gasteiger partial charge on any atom is 0.162 e. The van der Waals surface area contributed by atoms with E-state index in [1.54, 1.807) is 20.3 Å². The summed E-state index contributed by atoms with van der Waals surface area (Å²) in [5.74, 6) is 1.24. The Balaban J connectivity index is 1.95. The Kier molecular flexibility index (Phi) is 4.54. The molecule has 0 radical (unpaired) electrons. The van der Waals surface area contributed by atoms with Crippen molar-refractivity contribution in [3.63, 3.8) is 0 Å². The number of aromatic nitrogens is 1. The predicted molar refractivity (Wildman–Crippen MR) is 87.8 cm³/mol. The van der Waals surface area contributed by atoms with Crippen LogP contribution in [0.4, 0.5) is 0 Å². The average molecular weight is 337 g/mol. The van der Waals surface area contributed by atoms with E-state index in [4.69, 9.17) is 30.6 Å². The first kappa shape index (κ1) is 15.8. The van der Waals surface area contributed by atoms with E-state index in [-0.39, 0.29) is 6.10 Å². The molecule has 1 aliphatic heterocycles. The molecule has 1 atom stereocenters. The van der Waals surface area contributed by atoms with Crippen molar-refractivity contribution in [1.82, 2.24) is 4.98 Å². The van der Waals surface area contributed by atoms with Crippen molar-refractivity contribution in [3.05, 3.63) is 28.9 Å². The van der Waals surface area contributed by atoms with Gasteiger partial charge in [0, 0.05) is 17.0 Å². The van der Waals surface area contributed by atoms with Crippen molar-refractivity contribution < 1.29 is 19.0 Å². The molecule has 1 saturated heterocycles. The number of epoxide rings is 1. The molecule has 6 nitrogen and oxygen atoms in total. The van der Waals surface area contributed by atoms with Gasteiger partial charge in [-0.05, 0) is 19.1 Å².